The smallest absolute Gasteiger partial charge is 0.332 e. The summed E-state index contributed by atoms with van der Waals surface area (Å²) in [6.07, 6.45) is 4.10. The maximum atomic E-state index is 12.8. The zero-order valence-corrected chi connectivity index (χ0v) is 15.1. The highest BCUT2D eigenvalue weighted by molar-refractivity contribution is 6.30. The molecule has 2 saturated heterocycles. The van der Waals surface area contributed by atoms with E-state index in [0.29, 0.717) is 35.7 Å². The average molecular weight is 385 g/mol. The highest BCUT2D eigenvalue weighted by Crippen LogP contribution is 2.31. The first-order valence-electron chi connectivity index (χ1n) is 8.65. The Morgan fingerprint density at radius 2 is 1.81 bits per heavy atom. The zero-order chi connectivity index (χ0) is 19.0. The molecule has 0 aliphatic carbocycles. The van der Waals surface area contributed by atoms with Crippen LogP contribution in [0.15, 0.2) is 48.8 Å². The van der Waals surface area contributed by atoms with Gasteiger partial charge in [-0.3, -0.25) is 14.6 Å². The molecule has 2 aromatic rings. The molecule has 0 unspecified atom stereocenters. The van der Waals surface area contributed by atoms with Gasteiger partial charge in [0.15, 0.2) is 0 Å². The number of rotatable bonds is 3. The van der Waals surface area contributed by atoms with Crippen molar-refractivity contribution in [2.75, 3.05) is 11.4 Å². The third kappa shape index (κ3) is 3.26. The van der Waals surface area contributed by atoms with Gasteiger partial charge in [-0.2, -0.15) is 0 Å². The highest BCUT2D eigenvalue weighted by atomic mass is 35.5. The summed E-state index contributed by atoms with van der Waals surface area (Å²) in [5, 5.41) is 3.49. The lowest BCUT2D eigenvalue weighted by Gasteiger charge is -2.32. The van der Waals surface area contributed by atoms with Crippen molar-refractivity contribution in [2.24, 2.45) is 0 Å². The summed E-state index contributed by atoms with van der Waals surface area (Å²) in [5.74, 6) is -0.479. The van der Waals surface area contributed by atoms with Crippen LogP contribution in [0.5, 0.6) is 0 Å². The van der Waals surface area contributed by atoms with E-state index in [1.54, 1.807) is 53.7 Å². The summed E-state index contributed by atoms with van der Waals surface area (Å²) in [6, 6.07) is 8.80. The molecule has 0 spiro atoms. The Hall–Kier alpha value is -2.93. The average Bonchev–Trinajstić information content (AvgIpc) is 2.93. The molecule has 1 aromatic heterocycles. The molecule has 2 aliphatic rings. The molecule has 2 aliphatic heterocycles. The second-order valence-electron chi connectivity index (χ2n) is 6.57. The number of anilines is 1. The number of hydrogen-bond donors (Lipinski definition) is 1. The molecule has 4 rings (SSSR count). The standard InChI is InChI=1S/C19H17ClN4O3/c20-13-1-3-15(4-2-13)24-18(26)16-11-14(7-10-23(16)19(24)27)22-17(25)12-5-8-21-9-6-12/h1-6,8-9,14,16H,7,10-11H2,(H,22,25)/t14-,16-/m0/s1. The number of nitrogens with zero attached hydrogens (tertiary/aromatic N) is 3. The molecule has 0 saturated carbocycles. The van der Waals surface area contributed by atoms with E-state index in [-0.39, 0.29) is 23.9 Å². The molecule has 138 valence electrons. The van der Waals surface area contributed by atoms with Crippen LogP contribution in [-0.4, -0.2) is 46.4 Å². The summed E-state index contributed by atoms with van der Waals surface area (Å²) >= 11 is 5.89. The number of halogens is 1. The van der Waals surface area contributed by atoms with Crippen LogP contribution < -0.4 is 10.2 Å². The van der Waals surface area contributed by atoms with E-state index < -0.39 is 6.04 Å². The molecule has 4 amide bonds. The molecule has 3 heterocycles. The normalized spacial score (nSPS) is 22.0. The Morgan fingerprint density at radius 1 is 1.11 bits per heavy atom. The number of benzene rings is 1. The number of fused-ring (bicyclic) bond motifs is 1. The van der Waals surface area contributed by atoms with Crippen LogP contribution >= 0.6 is 11.6 Å². The van der Waals surface area contributed by atoms with E-state index in [0.717, 1.165) is 0 Å². The second kappa shape index (κ2) is 7.00. The van der Waals surface area contributed by atoms with Gasteiger partial charge >= 0.3 is 6.03 Å². The van der Waals surface area contributed by atoms with Crippen molar-refractivity contribution in [3.05, 3.63) is 59.4 Å². The number of nitrogens with one attached hydrogen (secondary N) is 1. The Morgan fingerprint density at radius 3 is 2.52 bits per heavy atom. The minimum Gasteiger partial charge on any atom is -0.349 e. The van der Waals surface area contributed by atoms with E-state index >= 15 is 0 Å². The predicted octanol–water partition coefficient (Wildman–Crippen LogP) is 2.46. The minimum absolute atomic E-state index is 0.172. The van der Waals surface area contributed by atoms with Gasteiger partial charge in [-0.25, -0.2) is 9.69 Å². The number of carbonyl (C=O) groups is 3. The monoisotopic (exact) mass is 384 g/mol. The number of hydrogen-bond acceptors (Lipinski definition) is 4. The Labute approximate surface area is 160 Å². The fourth-order valence-corrected chi connectivity index (χ4v) is 3.66. The molecule has 2 fully saturated rings. The third-order valence-corrected chi connectivity index (χ3v) is 5.16. The molecule has 0 radical (unpaired) electrons. The first-order chi connectivity index (χ1) is 13.0. The van der Waals surface area contributed by atoms with Crippen LogP contribution in [0.4, 0.5) is 10.5 Å². The molecule has 1 N–H and O–H groups in total. The van der Waals surface area contributed by atoms with Crippen molar-refractivity contribution in [1.29, 1.82) is 0 Å². The number of piperidine rings is 1. The topological polar surface area (TPSA) is 82.6 Å². The molecular weight excluding hydrogens is 368 g/mol. The quantitative estimate of drug-likeness (QED) is 0.824. The van der Waals surface area contributed by atoms with Crippen molar-refractivity contribution < 1.29 is 14.4 Å². The number of amides is 4. The Balaban J connectivity index is 1.48. The molecule has 0 bridgehead atoms. The van der Waals surface area contributed by atoms with Crippen molar-refractivity contribution in [1.82, 2.24) is 15.2 Å². The SMILES string of the molecule is O=C(N[C@H]1CCN2C(=O)N(c3ccc(Cl)cc3)C(=O)[C@@H]2C1)c1ccncc1. The lowest BCUT2D eigenvalue weighted by atomic mass is 9.97. The number of imide groups is 1. The predicted molar refractivity (Wildman–Crippen MR) is 99.6 cm³/mol. The summed E-state index contributed by atoms with van der Waals surface area (Å²) in [5.41, 5.74) is 1.02. The number of aromatic nitrogens is 1. The fourth-order valence-electron chi connectivity index (χ4n) is 3.53. The Bertz CT molecular complexity index is 888. The van der Waals surface area contributed by atoms with Gasteiger partial charge in [-0.1, -0.05) is 11.6 Å². The minimum atomic E-state index is -0.565. The van der Waals surface area contributed by atoms with Gasteiger partial charge in [0.1, 0.15) is 6.04 Å². The van der Waals surface area contributed by atoms with Crippen molar-refractivity contribution in [3.8, 4) is 0 Å². The first kappa shape index (κ1) is 17.5. The van der Waals surface area contributed by atoms with Gasteiger partial charge in [-0.05, 0) is 49.2 Å². The number of pyridine rings is 1. The third-order valence-electron chi connectivity index (χ3n) is 4.91. The van der Waals surface area contributed by atoms with Crippen LogP contribution in [0.2, 0.25) is 5.02 Å². The van der Waals surface area contributed by atoms with E-state index in [2.05, 4.69) is 10.3 Å². The van der Waals surface area contributed by atoms with Gasteiger partial charge in [-0.15, -0.1) is 0 Å². The summed E-state index contributed by atoms with van der Waals surface area (Å²) < 4.78 is 0. The van der Waals surface area contributed by atoms with E-state index in [1.807, 2.05) is 0 Å². The maximum Gasteiger partial charge on any atom is 0.332 e. The summed E-state index contributed by atoms with van der Waals surface area (Å²) in [4.78, 5) is 44.5. The van der Waals surface area contributed by atoms with E-state index in [4.69, 9.17) is 11.6 Å². The molecule has 7 nitrogen and oxygen atoms in total. The maximum absolute atomic E-state index is 12.8. The highest BCUT2D eigenvalue weighted by Gasteiger charge is 2.48. The number of urea groups is 1. The van der Waals surface area contributed by atoms with Crippen molar-refractivity contribution >= 4 is 35.1 Å². The lowest BCUT2D eigenvalue weighted by molar-refractivity contribution is -0.120. The van der Waals surface area contributed by atoms with Gasteiger partial charge in [0, 0.05) is 35.6 Å². The van der Waals surface area contributed by atoms with Crippen molar-refractivity contribution in [2.45, 2.75) is 24.9 Å². The fraction of sp³-hybridized carbons (Fsp3) is 0.263. The lowest BCUT2D eigenvalue weighted by Crippen LogP contribution is -2.49. The largest absolute Gasteiger partial charge is 0.349 e. The van der Waals surface area contributed by atoms with Crippen LogP contribution in [0.1, 0.15) is 23.2 Å². The number of carbonyl (C=O) groups excluding carboxylic acids is 3. The second-order valence-corrected chi connectivity index (χ2v) is 7.01. The summed E-state index contributed by atoms with van der Waals surface area (Å²) in [6.45, 7) is 0.417. The molecule has 2 atom stereocenters. The molecule has 8 heteroatoms. The van der Waals surface area contributed by atoms with E-state index in [1.165, 1.54) is 4.90 Å². The Kier molecular flexibility index (Phi) is 4.53. The molecular formula is C19H17ClN4O3. The van der Waals surface area contributed by atoms with Gasteiger partial charge in [0.2, 0.25) is 0 Å². The summed E-state index contributed by atoms with van der Waals surface area (Å²) in [7, 11) is 0. The van der Waals surface area contributed by atoms with Gasteiger partial charge in [0.25, 0.3) is 11.8 Å². The van der Waals surface area contributed by atoms with Crippen LogP contribution in [0, 0.1) is 0 Å². The van der Waals surface area contributed by atoms with Crippen LogP contribution in [0.3, 0.4) is 0 Å². The van der Waals surface area contributed by atoms with Crippen LogP contribution in [-0.2, 0) is 4.79 Å². The molecule has 27 heavy (non-hydrogen) atoms. The van der Waals surface area contributed by atoms with Gasteiger partial charge in [0.05, 0.1) is 5.69 Å². The molecule has 1 aromatic carbocycles. The van der Waals surface area contributed by atoms with E-state index in [9.17, 15) is 14.4 Å². The first-order valence-corrected chi connectivity index (χ1v) is 9.03. The van der Waals surface area contributed by atoms with Crippen LogP contribution in [0.25, 0.3) is 0 Å². The van der Waals surface area contributed by atoms with Crippen molar-refractivity contribution in [3.63, 3.8) is 0 Å². The zero-order valence-electron chi connectivity index (χ0n) is 14.3. The van der Waals surface area contributed by atoms with Gasteiger partial charge < -0.3 is 10.2 Å².